The van der Waals surface area contributed by atoms with E-state index in [-0.39, 0.29) is 5.92 Å². The second-order valence-corrected chi connectivity index (χ2v) is 7.71. The maximum Gasteiger partial charge on any atom is 0.140 e. The first-order valence-electron chi connectivity index (χ1n) is 8.93. The Bertz CT molecular complexity index is 1040. The van der Waals surface area contributed by atoms with Gasteiger partial charge in [-0.15, -0.1) is 0 Å². The zero-order valence-electron chi connectivity index (χ0n) is 14.9. The number of anilines is 1. The molecule has 1 unspecified atom stereocenters. The van der Waals surface area contributed by atoms with Crippen LogP contribution in [0.1, 0.15) is 18.7 Å². The standard InChI is InChI=1S/C21H18Cl2N4/c1-13-25-20-10-19(23)17(15-4-6-16(22)7-5-15)9-18(20)21(26-13)27-8-2-3-14(11-24)12-27/h4-7,9-10,14H,2-3,8,12H2,1H3. The molecule has 0 N–H and O–H groups in total. The Balaban J connectivity index is 1.87. The van der Waals surface area contributed by atoms with Crippen LogP contribution < -0.4 is 4.90 Å². The van der Waals surface area contributed by atoms with Crippen LogP contribution in [0.15, 0.2) is 36.4 Å². The smallest absolute Gasteiger partial charge is 0.140 e. The molecule has 6 heteroatoms. The van der Waals surface area contributed by atoms with Crippen LogP contribution >= 0.6 is 23.2 Å². The normalized spacial score (nSPS) is 17.1. The molecule has 0 amide bonds. The van der Waals surface area contributed by atoms with Crippen LogP contribution in [0.4, 0.5) is 5.82 Å². The van der Waals surface area contributed by atoms with Gasteiger partial charge < -0.3 is 4.90 Å². The number of aromatic nitrogens is 2. The number of hydrogen-bond acceptors (Lipinski definition) is 4. The summed E-state index contributed by atoms with van der Waals surface area (Å²) < 4.78 is 0. The number of piperidine rings is 1. The summed E-state index contributed by atoms with van der Waals surface area (Å²) in [5, 5.41) is 11.6. The molecular formula is C21H18Cl2N4. The molecule has 0 spiro atoms. The first-order valence-corrected chi connectivity index (χ1v) is 9.69. The minimum absolute atomic E-state index is 0.0344. The van der Waals surface area contributed by atoms with E-state index in [0.717, 1.165) is 47.2 Å². The van der Waals surface area contributed by atoms with Gasteiger partial charge in [0, 0.05) is 29.1 Å². The average Bonchev–Trinajstić information content (AvgIpc) is 2.67. The monoisotopic (exact) mass is 396 g/mol. The topological polar surface area (TPSA) is 52.8 Å². The van der Waals surface area contributed by atoms with Crippen molar-refractivity contribution < 1.29 is 0 Å². The lowest BCUT2D eigenvalue weighted by Gasteiger charge is -2.31. The highest BCUT2D eigenvalue weighted by Crippen LogP contribution is 2.36. The van der Waals surface area contributed by atoms with E-state index in [1.165, 1.54) is 0 Å². The van der Waals surface area contributed by atoms with Gasteiger partial charge in [0.1, 0.15) is 11.6 Å². The van der Waals surface area contributed by atoms with E-state index in [2.05, 4.69) is 16.0 Å². The molecular weight excluding hydrogens is 379 g/mol. The second kappa shape index (κ2) is 7.34. The Morgan fingerprint density at radius 2 is 1.93 bits per heavy atom. The summed E-state index contributed by atoms with van der Waals surface area (Å²) in [5.74, 6) is 1.61. The van der Waals surface area contributed by atoms with E-state index in [1.807, 2.05) is 43.3 Å². The summed E-state index contributed by atoms with van der Waals surface area (Å²) in [4.78, 5) is 11.5. The first kappa shape index (κ1) is 18.0. The minimum atomic E-state index is 0.0344. The summed E-state index contributed by atoms with van der Waals surface area (Å²) in [6.07, 6.45) is 1.93. The molecule has 1 saturated heterocycles. The van der Waals surface area contributed by atoms with Crippen molar-refractivity contribution in [1.82, 2.24) is 9.97 Å². The van der Waals surface area contributed by atoms with Gasteiger partial charge in [0.15, 0.2) is 0 Å². The summed E-state index contributed by atoms with van der Waals surface area (Å²) in [6, 6.07) is 14.0. The maximum absolute atomic E-state index is 9.34. The summed E-state index contributed by atoms with van der Waals surface area (Å²) in [7, 11) is 0. The van der Waals surface area contributed by atoms with E-state index in [1.54, 1.807) is 0 Å². The largest absolute Gasteiger partial charge is 0.355 e. The predicted molar refractivity (Wildman–Crippen MR) is 110 cm³/mol. The van der Waals surface area contributed by atoms with Crippen molar-refractivity contribution in [2.24, 2.45) is 5.92 Å². The molecule has 0 aliphatic carbocycles. The molecule has 3 aromatic rings. The molecule has 2 aromatic carbocycles. The van der Waals surface area contributed by atoms with E-state index in [9.17, 15) is 5.26 Å². The van der Waals surface area contributed by atoms with Gasteiger partial charge in [0.05, 0.1) is 22.5 Å². The van der Waals surface area contributed by atoms with Crippen LogP contribution in [-0.4, -0.2) is 23.1 Å². The number of hydrogen-bond donors (Lipinski definition) is 0. The number of benzene rings is 2. The van der Waals surface area contributed by atoms with E-state index < -0.39 is 0 Å². The zero-order chi connectivity index (χ0) is 19.0. The lowest BCUT2D eigenvalue weighted by molar-refractivity contribution is 0.491. The molecule has 1 atom stereocenters. The molecule has 1 fully saturated rings. The van der Waals surface area contributed by atoms with Gasteiger partial charge in [-0.25, -0.2) is 9.97 Å². The Labute approximate surface area is 168 Å². The Morgan fingerprint density at radius 3 is 2.67 bits per heavy atom. The highest BCUT2D eigenvalue weighted by atomic mass is 35.5. The molecule has 4 nitrogen and oxygen atoms in total. The fourth-order valence-corrected chi connectivity index (χ4v) is 4.01. The third-order valence-corrected chi connectivity index (χ3v) is 5.50. The molecule has 0 bridgehead atoms. The lowest BCUT2D eigenvalue weighted by Crippen LogP contribution is -2.35. The Hall–Kier alpha value is -2.35. The lowest BCUT2D eigenvalue weighted by atomic mass is 9.98. The van der Waals surface area contributed by atoms with Crippen molar-refractivity contribution in [1.29, 1.82) is 5.26 Å². The SMILES string of the molecule is Cc1nc(N2CCCC(C#N)C2)c2cc(-c3ccc(Cl)cc3)c(Cl)cc2n1. The summed E-state index contributed by atoms with van der Waals surface area (Å²) in [5.41, 5.74) is 2.73. The van der Waals surface area contributed by atoms with Gasteiger partial charge in [-0.2, -0.15) is 5.26 Å². The van der Waals surface area contributed by atoms with Crippen LogP contribution in [0, 0.1) is 24.2 Å². The molecule has 2 heterocycles. The van der Waals surface area contributed by atoms with Crippen molar-refractivity contribution in [3.05, 3.63) is 52.3 Å². The molecule has 0 radical (unpaired) electrons. The Kier molecular flexibility index (Phi) is 4.90. The van der Waals surface area contributed by atoms with Gasteiger partial charge in [-0.1, -0.05) is 35.3 Å². The van der Waals surface area contributed by atoms with Crippen LogP contribution in [0.5, 0.6) is 0 Å². The highest BCUT2D eigenvalue weighted by molar-refractivity contribution is 6.34. The molecule has 4 rings (SSSR count). The summed E-state index contributed by atoms with van der Waals surface area (Å²) in [6.45, 7) is 3.47. The minimum Gasteiger partial charge on any atom is -0.355 e. The van der Waals surface area contributed by atoms with Crippen molar-refractivity contribution >= 4 is 39.9 Å². The molecule has 1 aliphatic heterocycles. The van der Waals surface area contributed by atoms with Gasteiger partial charge >= 0.3 is 0 Å². The molecule has 27 heavy (non-hydrogen) atoms. The highest BCUT2D eigenvalue weighted by Gasteiger charge is 2.23. The molecule has 136 valence electrons. The Morgan fingerprint density at radius 1 is 1.15 bits per heavy atom. The fourth-order valence-electron chi connectivity index (χ4n) is 3.61. The van der Waals surface area contributed by atoms with Crippen molar-refractivity contribution in [3.63, 3.8) is 0 Å². The number of rotatable bonds is 2. The van der Waals surface area contributed by atoms with Crippen molar-refractivity contribution in [2.45, 2.75) is 19.8 Å². The van der Waals surface area contributed by atoms with Gasteiger partial charge in [0.25, 0.3) is 0 Å². The molecule has 1 aliphatic rings. The summed E-state index contributed by atoms with van der Waals surface area (Å²) >= 11 is 12.6. The first-order chi connectivity index (χ1) is 13.0. The molecule has 0 saturated carbocycles. The van der Waals surface area contributed by atoms with E-state index in [4.69, 9.17) is 28.2 Å². The van der Waals surface area contributed by atoms with Gasteiger partial charge in [-0.3, -0.25) is 0 Å². The van der Waals surface area contributed by atoms with Crippen LogP contribution in [-0.2, 0) is 0 Å². The van der Waals surface area contributed by atoms with Gasteiger partial charge in [-0.05, 0) is 49.6 Å². The van der Waals surface area contributed by atoms with Crippen molar-refractivity contribution in [2.75, 3.05) is 18.0 Å². The second-order valence-electron chi connectivity index (χ2n) is 6.86. The third-order valence-electron chi connectivity index (χ3n) is 4.93. The van der Waals surface area contributed by atoms with E-state index >= 15 is 0 Å². The van der Waals surface area contributed by atoms with Crippen LogP contribution in [0.25, 0.3) is 22.0 Å². The third kappa shape index (κ3) is 3.58. The zero-order valence-corrected chi connectivity index (χ0v) is 16.4. The predicted octanol–water partition coefficient (Wildman–Crippen LogP) is 5.65. The average molecular weight is 397 g/mol. The maximum atomic E-state index is 9.34. The number of nitriles is 1. The van der Waals surface area contributed by atoms with Crippen LogP contribution in [0.3, 0.4) is 0 Å². The quantitative estimate of drug-likeness (QED) is 0.561. The number of nitrogens with zero attached hydrogens (tertiary/aromatic N) is 4. The van der Waals surface area contributed by atoms with Crippen LogP contribution in [0.2, 0.25) is 10.0 Å². The van der Waals surface area contributed by atoms with E-state index in [0.29, 0.717) is 22.4 Å². The van der Waals surface area contributed by atoms with Gasteiger partial charge in [0.2, 0.25) is 0 Å². The molecule has 1 aromatic heterocycles. The number of aryl methyl sites for hydroxylation is 1. The number of fused-ring (bicyclic) bond motifs is 1. The number of halogens is 2. The van der Waals surface area contributed by atoms with Crippen molar-refractivity contribution in [3.8, 4) is 17.2 Å². The fraction of sp³-hybridized carbons (Fsp3) is 0.286.